The predicted octanol–water partition coefficient (Wildman–Crippen LogP) is 3.34. The molecule has 2 N–H and O–H groups in total. The second kappa shape index (κ2) is 5.90. The number of ether oxygens (including phenoxy) is 1. The third-order valence-corrected chi connectivity index (χ3v) is 4.18. The van der Waals surface area contributed by atoms with Gasteiger partial charge in [-0.05, 0) is 39.2 Å². The van der Waals surface area contributed by atoms with Gasteiger partial charge in [0.1, 0.15) is 5.75 Å². The summed E-state index contributed by atoms with van der Waals surface area (Å²) in [6, 6.07) is 4.80. The number of aromatic nitrogens is 2. The van der Waals surface area contributed by atoms with Crippen molar-refractivity contribution >= 4 is 0 Å². The number of hydrogen-bond acceptors (Lipinski definition) is 3. The van der Waals surface area contributed by atoms with Crippen LogP contribution in [0.5, 0.6) is 5.75 Å². The first-order valence-corrected chi connectivity index (χ1v) is 7.61. The minimum absolute atomic E-state index is 0.343. The average molecular weight is 285 g/mol. The summed E-state index contributed by atoms with van der Waals surface area (Å²) in [4.78, 5) is 0. The molecule has 21 heavy (non-hydrogen) atoms. The number of aromatic amines is 1. The second-order valence-corrected chi connectivity index (χ2v) is 5.94. The van der Waals surface area contributed by atoms with E-state index in [-0.39, 0.29) is 0 Å². The van der Waals surface area contributed by atoms with E-state index in [0.29, 0.717) is 6.04 Å². The quantitative estimate of drug-likeness (QED) is 0.909. The number of H-pyrrole nitrogens is 1. The first-order valence-electron chi connectivity index (χ1n) is 7.61. The highest BCUT2D eigenvalue weighted by Gasteiger charge is 2.21. The van der Waals surface area contributed by atoms with Crippen LogP contribution in [0.2, 0.25) is 0 Å². The van der Waals surface area contributed by atoms with E-state index in [1.807, 2.05) is 6.20 Å². The zero-order valence-corrected chi connectivity index (χ0v) is 13.0. The minimum Gasteiger partial charge on any atom is -0.493 e. The number of hydrogen-bond donors (Lipinski definition) is 2. The normalized spacial score (nSPS) is 18.0. The Kier molecular flexibility index (Phi) is 3.97. The summed E-state index contributed by atoms with van der Waals surface area (Å²) >= 11 is 0. The molecule has 0 fully saturated rings. The lowest BCUT2D eigenvalue weighted by atomic mass is 9.97. The highest BCUT2D eigenvalue weighted by atomic mass is 16.5. The lowest BCUT2D eigenvalue weighted by molar-refractivity contribution is 0.313. The highest BCUT2D eigenvalue weighted by Crippen LogP contribution is 2.35. The topological polar surface area (TPSA) is 49.9 Å². The SMILES string of the molecule is Cc1cc(C)c2c(c1)C(NCc1cn[nH]c1C)CCCO2. The van der Waals surface area contributed by atoms with Crippen LogP contribution < -0.4 is 10.1 Å². The van der Waals surface area contributed by atoms with Crippen molar-refractivity contribution < 1.29 is 4.74 Å². The molecule has 112 valence electrons. The van der Waals surface area contributed by atoms with E-state index in [1.165, 1.54) is 22.3 Å². The van der Waals surface area contributed by atoms with Gasteiger partial charge in [-0.3, -0.25) is 5.10 Å². The van der Waals surface area contributed by atoms with Gasteiger partial charge in [0, 0.05) is 29.4 Å². The number of fused-ring (bicyclic) bond motifs is 1. The number of nitrogens with one attached hydrogen (secondary N) is 2. The van der Waals surface area contributed by atoms with E-state index in [4.69, 9.17) is 4.74 Å². The third kappa shape index (κ3) is 2.95. The summed E-state index contributed by atoms with van der Waals surface area (Å²) in [5.41, 5.74) is 6.19. The molecular formula is C17H23N3O. The number of benzene rings is 1. The summed E-state index contributed by atoms with van der Waals surface area (Å²) in [5, 5.41) is 10.8. The van der Waals surface area contributed by atoms with Crippen LogP contribution in [-0.4, -0.2) is 16.8 Å². The molecule has 2 aromatic rings. The average Bonchev–Trinajstić information content (AvgIpc) is 2.73. The molecular weight excluding hydrogens is 262 g/mol. The first kappa shape index (κ1) is 14.1. The fourth-order valence-electron chi connectivity index (χ4n) is 3.06. The molecule has 0 saturated carbocycles. The summed E-state index contributed by atoms with van der Waals surface area (Å²) in [6.07, 6.45) is 4.08. The van der Waals surface area contributed by atoms with Crippen molar-refractivity contribution in [3.8, 4) is 5.75 Å². The van der Waals surface area contributed by atoms with Crippen molar-refractivity contribution in [2.75, 3.05) is 6.61 Å². The fraction of sp³-hybridized carbons (Fsp3) is 0.471. The molecule has 1 aliphatic rings. The Labute approximate surface area is 125 Å². The molecule has 1 aromatic heterocycles. The summed E-state index contributed by atoms with van der Waals surface area (Å²) in [7, 11) is 0. The lowest BCUT2D eigenvalue weighted by Gasteiger charge is -2.20. The van der Waals surface area contributed by atoms with Gasteiger partial charge in [-0.1, -0.05) is 17.7 Å². The molecule has 0 aliphatic carbocycles. The molecule has 0 radical (unpaired) electrons. The van der Waals surface area contributed by atoms with Crippen LogP contribution in [0.4, 0.5) is 0 Å². The molecule has 4 nitrogen and oxygen atoms in total. The predicted molar refractivity (Wildman–Crippen MR) is 83.6 cm³/mol. The van der Waals surface area contributed by atoms with Crippen molar-refractivity contribution in [3.05, 3.63) is 46.3 Å². The Morgan fingerprint density at radius 2 is 2.19 bits per heavy atom. The van der Waals surface area contributed by atoms with Gasteiger partial charge in [-0.2, -0.15) is 5.10 Å². The van der Waals surface area contributed by atoms with Gasteiger partial charge >= 0.3 is 0 Å². The summed E-state index contributed by atoms with van der Waals surface area (Å²) < 4.78 is 5.97. The Bertz CT molecular complexity index is 633. The maximum atomic E-state index is 5.97. The monoisotopic (exact) mass is 285 g/mol. The van der Waals surface area contributed by atoms with Crippen LogP contribution in [0.3, 0.4) is 0 Å². The standard InChI is InChI=1S/C17H23N3O/c1-11-7-12(2)17-15(8-11)16(5-4-6-21-17)18-9-14-10-19-20-13(14)3/h7-8,10,16,18H,4-6,9H2,1-3H3,(H,19,20). The largest absolute Gasteiger partial charge is 0.493 e. The van der Waals surface area contributed by atoms with Crippen LogP contribution >= 0.6 is 0 Å². The van der Waals surface area contributed by atoms with Crippen molar-refractivity contribution in [2.45, 2.75) is 46.2 Å². The van der Waals surface area contributed by atoms with Crippen molar-refractivity contribution in [3.63, 3.8) is 0 Å². The third-order valence-electron chi connectivity index (χ3n) is 4.18. The summed E-state index contributed by atoms with van der Waals surface area (Å²) in [6.45, 7) is 7.98. The number of rotatable bonds is 3. The van der Waals surface area contributed by atoms with Gasteiger partial charge < -0.3 is 10.1 Å². The molecule has 0 bridgehead atoms. The zero-order chi connectivity index (χ0) is 14.8. The molecule has 3 rings (SSSR count). The second-order valence-electron chi connectivity index (χ2n) is 5.94. The minimum atomic E-state index is 0.343. The van der Waals surface area contributed by atoms with E-state index in [0.717, 1.165) is 37.4 Å². The van der Waals surface area contributed by atoms with Crippen molar-refractivity contribution in [1.82, 2.24) is 15.5 Å². The fourth-order valence-corrected chi connectivity index (χ4v) is 3.06. The van der Waals surface area contributed by atoms with Crippen LogP contribution in [0.1, 0.15) is 46.8 Å². The summed E-state index contributed by atoms with van der Waals surface area (Å²) in [5.74, 6) is 1.07. The first-order chi connectivity index (χ1) is 10.1. The molecule has 1 aliphatic heterocycles. The van der Waals surface area contributed by atoms with E-state index >= 15 is 0 Å². The Hall–Kier alpha value is -1.81. The Morgan fingerprint density at radius 3 is 2.95 bits per heavy atom. The number of nitrogens with zero attached hydrogens (tertiary/aromatic N) is 1. The molecule has 4 heteroatoms. The van der Waals surface area contributed by atoms with Crippen LogP contribution in [0.15, 0.2) is 18.3 Å². The molecule has 0 saturated heterocycles. The lowest BCUT2D eigenvalue weighted by Crippen LogP contribution is -2.21. The van der Waals surface area contributed by atoms with Crippen LogP contribution in [0.25, 0.3) is 0 Å². The molecule has 1 aromatic carbocycles. The van der Waals surface area contributed by atoms with E-state index in [9.17, 15) is 0 Å². The van der Waals surface area contributed by atoms with Crippen LogP contribution in [0, 0.1) is 20.8 Å². The van der Waals surface area contributed by atoms with Gasteiger partial charge in [0.2, 0.25) is 0 Å². The number of aryl methyl sites for hydroxylation is 3. The van der Waals surface area contributed by atoms with E-state index in [1.54, 1.807) is 0 Å². The van der Waals surface area contributed by atoms with Crippen molar-refractivity contribution in [2.24, 2.45) is 0 Å². The molecule has 2 heterocycles. The Morgan fingerprint density at radius 1 is 1.33 bits per heavy atom. The van der Waals surface area contributed by atoms with E-state index < -0.39 is 0 Å². The smallest absolute Gasteiger partial charge is 0.126 e. The highest BCUT2D eigenvalue weighted by molar-refractivity contribution is 5.46. The van der Waals surface area contributed by atoms with Gasteiger partial charge in [0.25, 0.3) is 0 Å². The van der Waals surface area contributed by atoms with Gasteiger partial charge in [-0.25, -0.2) is 0 Å². The molecule has 0 spiro atoms. The molecule has 1 unspecified atom stereocenters. The van der Waals surface area contributed by atoms with Crippen LogP contribution in [-0.2, 0) is 6.54 Å². The molecule has 1 atom stereocenters. The maximum Gasteiger partial charge on any atom is 0.126 e. The van der Waals surface area contributed by atoms with E-state index in [2.05, 4.69) is 48.4 Å². The zero-order valence-electron chi connectivity index (χ0n) is 13.0. The van der Waals surface area contributed by atoms with Crippen molar-refractivity contribution in [1.29, 1.82) is 0 Å². The van der Waals surface area contributed by atoms with Gasteiger partial charge in [-0.15, -0.1) is 0 Å². The molecule has 0 amide bonds. The van der Waals surface area contributed by atoms with Gasteiger partial charge in [0.15, 0.2) is 0 Å². The van der Waals surface area contributed by atoms with Gasteiger partial charge in [0.05, 0.1) is 12.8 Å². The Balaban J connectivity index is 1.84. The maximum absolute atomic E-state index is 5.97.